The van der Waals surface area contributed by atoms with E-state index < -0.39 is 0 Å². The maximum atomic E-state index is 12.9. The van der Waals surface area contributed by atoms with Gasteiger partial charge in [-0.25, -0.2) is 0 Å². The molecule has 0 aliphatic carbocycles. The molecular weight excluding hydrogens is 236 g/mol. The molecule has 3 nitrogen and oxygen atoms in total. The Bertz CT molecular complexity index is 326. The number of nitrogens with one attached hydrogen (secondary N) is 1. The van der Waals surface area contributed by atoms with Crippen LogP contribution in [0, 0.1) is 16.7 Å². The van der Waals surface area contributed by atoms with Gasteiger partial charge in [0.2, 0.25) is 5.91 Å². The zero-order valence-corrected chi connectivity index (χ0v) is 13.1. The number of carbonyl (C=O) groups is 1. The molecule has 2 heterocycles. The van der Waals surface area contributed by atoms with Crippen molar-refractivity contribution < 1.29 is 4.79 Å². The number of amides is 1. The number of likely N-dealkylation sites (tertiary alicyclic amines) is 1. The number of rotatable bonds is 2. The van der Waals surface area contributed by atoms with Crippen LogP contribution in [-0.4, -0.2) is 37.0 Å². The highest BCUT2D eigenvalue weighted by molar-refractivity contribution is 5.83. The first-order valence-electron chi connectivity index (χ1n) is 7.89. The standard InChI is InChI=1S/C16H30N2O/c1-5-16(7-9-17-10-8-16)14(19)18-11-6-13(12-18)15(2,3)4/h13,17H,5-12H2,1-4H3. The van der Waals surface area contributed by atoms with Crippen LogP contribution in [0.25, 0.3) is 0 Å². The smallest absolute Gasteiger partial charge is 0.228 e. The van der Waals surface area contributed by atoms with E-state index in [1.807, 2.05) is 0 Å². The molecule has 0 aromatic rings. The second kappa shape index (κ2) is 5.43. The fraction of sp³-hybridized carbons (Fsp3) is 0.938. The van der Waals surface area contributed by atoms with Crippen molar-refractivity contribution in [1.29, 1.82) is 0 Å². The Morgan fingerprint density at radius 2 is 1.95 bits per heavy atom. The highest BCUT2D eigenvalue weighted by Gasteiger charge is 2.43. The Labute approximate surface area is 118 Å². The Kier molecular flexibility index (Phi) is 4.24. The molecule has 2 aliphatic rings. The second-order valence-corrected chi connectivity index (χ2v) is 7.49. The van der Waals surface area contributed by atoms with Gasteiger partial charge < -0.3 is 10.2 Å². The van der Waals surface area contributed by atoms with E-state index in [1.165, 1.54) is 6.42 Å². The van der Waals surface area contributed by atoms with Crippen LogP contribution in [0.4, 0.5) is 0 Å². The SMILES string of the molecule is CCC1(C(=O)N2CCC(C(C)(C)C)C2)CCNCC1. The van der Waals surface area contributed by atoms with Crippen molar-refractivity contribution in [2.75, 3.05) is 26.2 Å². The van der Waals surface area contributed by atoms with Crippen molar-refractivity contribution in [2.45, 2.75) is 53.4 Å². The van der Waals surface area contributed by atoms with Crippen LogP contribution in [0.2, 0.25) is 0 Å². The lowest BCUT2D eigenvalue weighted by Crippen LogP contribution is -2.48. The number of carbonyl (C=O) groups excluding carboxylic acids is 1. The summed E-state index contributed by atoms with van der Waals surface area (Å²) in [5.74, 6) is 1.09. The summed E-state index contributed by atoms with van der Waals surface area (Å²) in [5, 5.41) is 3.38. The van der Waals surface area contributed by atoms with Crippen molar-refractivity contribution in [1.82, 2.24) is 10.2 Å². The predicted octanol–water partition coefficient (Wildman–Crippen LogP) is 2.66. The topological polar surface area (TPSA) is 32.3 Å². The third kappa shape index (κ3) is 2.96. The van der Waals surface area contributed by atoms with Crippen LogP contribution in [-0.2, 0) is 4.79 Å². The van der Waals surface area contributed by atoms with Crippen LogP contribution in [0.3, 0.4) is 0 Å². The Hall–Kier alpha value is -0.570. The summed E-state index contributed by atoms with van der Waals surface area (Å²) in [4.78, 5) is 15.1. The molecule has 19 heavy (non-hydrogen) atoms. The van der Waals surface area contributed by atoms with E-state index in [4.69, 9.17) is 0 Å². The molecule has 3 heteroatoms. The molecule has 1 atom stereocenters. The van der Waals surface area contributed by atoms with E-state index in [9.17, 15) is 4.79 Å². The van der Waals surface area contributed by atoms with E-state index in [0.717, 1.165) is 45.4 Å². The van der Waals surface area contributed by atoms with Gasteiger partial charge in [-0.15, -0.1) is 0 Å². The highest BCUT2D eigenvalue weighted by atomic mass is 16.2. The first kappa shape index (κ1) is 14.8. The fourth-order valence-corrected chi connectivity index (χ4v) is 3.61. The summed E-state index contributed by atoms with van der Waals surface area (Å²) in [5.41, 5.74) is 0.251. The van der Waals surface area contributed by atoms with Gasteiger partial charge in [-0.2, -0.15) is 0 Å². The monoisotopic (exact) mass is 266 g/mol. The minimum atomic E-state index is -0.0714. The second-order valence-electron chi connectivity index (χ2n) is 7.49. The summed E-state index contributed by atoms with van der Waals surface area (Å²) >= 11 is 0. The molecule has 1 N–H and O–H groups in total. The Balaban J connectivity index is 2.04. The minimum Gasteiger partial charge on any atom is -0.342 e. The van der Waals surface area contributed by atoms with Crippen LogP contribution in [0.5, 0.6) is 0 Å². The zero-order valence-electron chi connectivity index (χ0n) is 13.1. The Morgan fingerprint density at radius 3 is 2.42 bits per heavy atom. The van der Waals surface area contributed by atoms with Crippen LogP contribution >= 0.6 is 0 Å². The largest absolute Gasteiger partial charge is 0.342 e. The molecule has 2 aliphatic heterocycles. The van der Waals surface area contributed by atoms with E-state index in [2.05, 4.69) is 37.9 Å². The van der Waals surface area contributed by atoms with Gasteiger partial charge in [-0.05, 0) is 50.1 Å². The van der Waals surface area contributed by atoms with E-state index in [1.54, 1.807) is 0 Å². The quantitative estimate of drug-likeness (QED) is 0.833. The lowest BCUT2D eigenvalue weighted by atomic mass is 9.75. The molecule has 0 spiro atoms. The van der Waals surface area contributed by atoms with Gasteiger partial charge in [0.15, 0.2) is 0 Å². The molecule has 0 aromatic heterocycles. The molecule has 2 fully saturated rings. The lowest BCUT2D eigenvalue weighted by Gasteiger charge is -2.38. The molecule has 0 saturated carbocycles. The van der Waals surface area contributed by atoms with Gasteiger partial charge in [0.05, 0.1) is 5.41 Å². The van der Waals surface area contributed by atoms with Crippen molar-refractivity contribution in [2.24, 2.45) is 16.7 Å². The van der Waals surface area contributed by atoms with E-state index in [0.29, 0.717) is 17.2 Å². The maximum absolute atomic E-state index is 12.9. The number of hydrogen-bond donors (Lipinski definition) is 1. The summed E-state index contributed by atoms with van der Waals surface area (Å²) < 4.78 is 0. The van der Waals surface area contributed by atoms with E-state index >= 15 is 0 Å². The maximum Gasteiger partial charge on any atom is 0.228 e. The minimum absolute atomic E-state index is 0.0714. The van der Waals surface area contributed by atoms with Crippen LogP contribution < -0.4 is 5.32 Å². The summed E-state index contributed by atoms with van der Waals surface area (Å²) in [7, 11) is 0. The van der Waals surface area contributed by atoms with Gasteiger partial charge >= 0.3 is 0 Å². The van der Waals surface area contributed by atoms with Gasteiger partial charge in [0.1, 0.15) is 0 Å². The predicted molar refractivity (Wildman–Crippen MR) is 79.0 cm³/mol. The molecular formula is C16H30N2O. The molecule has 2 rings (SSSR count). The van der Waals surface area contributed by atoms with Crippen LogP contribution in [0.15, 0.2) is 0 Å². The first-order valence-corrected chi connectivity index (χ1v) is 7.89. The van der Waals surface area contributed by atoms with E-state index in [-0.39, 0.29) is 5.41 Å². The molecule has 2 saturated heterocycles. The molecule has 110 valence electrons. The van der Waals surface area contributed by atoms with Gasteiger partial charge in [-0.1, -0.05) is 27.7 Å². The first-order chi connectivity index (χ1) is 8.89. The van der Waals surface area contributed by atoms with Crippen LogP contribution in [0.1, 0.15) is 53.4 Å². The summed E-state index contributed by atoms with van der Waals surface area (Å²) in [6, 6.07) is 0. The molecule has 0 aromatic carbocycles. The van der Waals surface area contributed by atoms with Gasteiger partial charge in [-0.3, -0.25) is 4.79 Å². The average molecular weight is 266 g/mol. The van der Waals surface area contributed by atoms with Crippen molar-refractivity contribution >= 4 is 5.91 Å². The number of piperidine rings is 1. The molecule has 1 unspecified atom stereocenters. The molecule has 1 amide bonds. The van der Waals surface area contributed by atoms with Gasteiger partial charge in [0, 0.05) is 13.1 Å². The summed E-state index contributed by atoms with van der Waals surface area (Å²) in [6.07, 6.45) is 4.19. The van der Waals surface area contributed by atoms with Crippen molar-refractivity contribution in [3.63, 3.8) is 0 Å². The molecule has 0 radical (unpaired) electrons. The molecule has 0 bridgehead atoms. The zero-order chi connectivity index (χ0) is 14.1. The van der Waals surface area contributed by atoms with Crippen molar-refractivity contribution in [3.8, 4) is 0 Å². The van der Waals surface area contributed by atoms with Gasteiger partial charge in [0.25, 0.3) is 0 Å². The fourth-order valence-electron chi connectivity index (χ4n) is 3.61. The highest BCUT2D eigenvalue weighted by Crippen LogP contribution is 2.39. The third-order valence-electron chi connectivity index (χ3n) is 5.39. The normalized spacial score (nSPS) is 27.6. The van der Waals surface area contributed by atoms with Crippen molar-refractivity contribution in [3.05, 3.63) is 0 Å². The number of nitrogens with zero attached hydrogens (tertiary/aromatic N) is 1. The summed E-state index contributed by atoms with van der Waals surface area (Å²) in [6.45, 7) is 13.0. The Morgan fingerprint density at radius 1 is 1.32 bits per heavy atom. The number of hydrogen-bond acceptors (Lipinski definition) is 2. The average Bonchev–Trinajstić information content (AvgIpc) is 2.88. The third-order valence-corrected chi connectivity index (χ3v) is 5.39. The lowest BCUT2D eigenvalue weighted by molar-refractivity contribution is -0.143.